The molecular formula is C54H34N2O2. The maximum atomic E-state index is 6.48. The minimum absolute atomic E-state index is 0.0730. The van der Waals surface area contributed by atoms with Crippen LogP contribution in [0.4, 0.5) is 0 Å². The largest absolute Gasteiger partial charge is 0.456 e. The van der Waals surface area contributed by atoms with Gasteiger partial charge in [-0.05, 0) is 101 Å². The average molecular weight is 743 g/mol. The fourth-order valence-electron chi connectivity index (χ4n) is 9.83. The van der Waals surface area contributed by atoms with E-state index in [1.807, 2.05) is 18.2 Å². The number of rotatable bonds is 4. The molecule has 58 heavy (non-hydrogen) atoms. The van der Waals surface area contributed by atoms with Gasteiger partial charge in [-0.1, -0.05) is 115 Å². The Labute approximate surface area is 332 Å². The average Bonchev–Trinajstić information content (AvgIpc) is 4.03. The predicted molar refractivity (Wildman–Crippen MR) is 240 cm³/mol. The van der Waals surface area contributed by atoms with Crippen LogP contribution >= 0.6 is 0 Å². The van der Waals surface area contributed by atoms with Gasteiger partial charge in [-0.2, -0.15) is 0 Å². The van der Waals surface area contributed by atoms with Crippen molar-refractivity contribution in [1.82, 2.24) is 9.13 Å². The Morgan fingerprint density at radius 3 is 1.86 bits per heavy atom. The highest BCUT2D eigenvalue weighted by Gasteiger charge is 2.24. The minimum atomic E-state index is 0.0730. The molecule has 1 aliphatic carbocycles. The van der Waals surface area contributed by atoms with Crippen LogP contribution in [0.2, 0.25) is 0 Å². The molecule has 1 atom stereocenters. The van der Waals surface area contributed by atoms with Crippen molar-refractivity contribution in [3.8, 4) is 27.9 Å². The Balaban J connectivity index is 1.08. The molecule has 0 saturated heterocycles. The number of aromatic nitrogens is 2. The number of hydrogen-bond acceptors (Lipinski definition) is 2. The maximum absolute atomic E-state index is 6.48. The Morgan fingerprint density at radius 1 is 0.414 bits per heavy atom. The number of fused-ring (bicyclic) bond motifs is 13. The molecule has 4 aromatic heterocycles. The van der Waals surface area contributed by atoms with Gasteiger partial charge >= 0.3 is 0 Å². The summed E-state index contributed by atoms with van der Waals surface area (Å²) >= 11 is 0. The van der Waals surface area contributed by atoms with E-state index in [4.69, 9.17) is 8.83 Å². The Morgan fingerprint density at radius 2 is 1.02 bits per heavy atom. The quantitative estimate of drug-likeness (QED) is 0.180. The SMILES string of the molecule is C1=c2oc3ccccc3c2=CCC1n1c2ccc(-c3ccc4oc5ccccc5c4c3)cc2c2c3c4ccccc4n(-c4ccc(-c5ccccc5)cc4)c3ccc21. The van der Waals surface area contributed by atoms with E-state index in [1.165, 1.54) is 76.5 Å². The summed E-state index contributed by atoms with van der Waals surface area (Å²) in [5.74, 6) is 0. The first-order valence-electron chi connectivity index (χ1n) is 20.0. The first-order valence-corrected chi connectivity index (χ1v) is 20.0. The van der Waals surface area contributed by atoms with Gasteiger partial charge in [0.05, 0.1) is 22.6 Å². The highest BCUT2D eigenvalue weighted by Crippen LogP contribution is 2.44. The molecule has 272 valence electrons. The molecule has 0 saturated carbocycles. The molecule has 4 heteroatoms. The molecular weight excluding hydrogens is 709 g/mol. The zero-order valence-corrected chi connectivity index (χ0v) is 31.4. The number of nitrogens with zero attached hydrogens (tertiary/aromatic N) is 2. The lowest BCUT2D eigenvalue weighted by Gasteiger charge is -2.18. The van der Waals surface area contributed by atoms with Crippen molar-refractivity contribution >= 4 is 88.7 Å². The van der Waals surface area contributed by atoms with Gasteiger partial charge in [0.2, 0.25) is 0 Å². The van der Waals surface area contributed by atoms with E-state index in [-0.39, 0.29) is 6.04 Å². The van der Waals surface area contributed by atoms with Gasteiger partial charge < -0.3 is 18.0 Å². The first kappa shape index (κ1) is 31.6. The smallest absolute Gasteiger partial charge is 0.135 e. The molecule has 0 amide bonds. The summed E-state index contributed by atoms with van der Waals surface area (Å²) in [4.78, 5) is 0. The second kappa shape index (κ2) is 12.0. The van der Waals surface area contributed by atoms with Crippen molar-refractivity contribution < 1.29 is 8.83 Å². The van der Waals surface area contributed by atoms with Gasteiger partial charge in [-0.25, -0.2) is 0 Å². The lowest BCUT2D eigenvalue weighted by atomic mass is 9.99. The van der Waals surface area contributed by atoms with Crippen LogP contribution < -0.4 is 10.6 Å². The summed E-state index contributed by atoms with van der Waals surface area (Å²) < 4.78 is 17.7. The van der Waals surface area contributed by atoms with E-state index in [2.05, 4.69) is 179 Å². The Kier molecular flexibility index (Phi) is 6.53. The molecule has 4 nitrogen and oxygen atoms in total. The van der Waals surface area contributed by atoms with Crippen molar-refractivity contribution in [3.05, 3.63) is 187 Å². The summed E-state index contributed by atoms with van der Waals surface area (Å²) in [6.07, 6.45) is 5.57. The third-order valence-electron chi connectivity index (χ3n) is 12.4. The molecule has 4 heterocycles. The van der Waals surface area contributed by atoms with Crippen molar-refractivity contribution in [2.24, 2.45) is 0 Å². The lowest BCUT2D eigenvalue weighted by molar-refractivity contribution is 0.560. The molecule has 0 radical (unpaired) electrons. The van der Waals surface area contributed by atoms with Crippen molar-refractivity contribution in [2.45, 2.75) is 12.5 Å². The normalized spacial score (nSPS) is 14.2. The van der Waals surface area contributed by atoms with Gasteiger partial charge in [0.1, 0.15) is 22.2 Å². The summed E-state index contributed by atoms with van der Waals surface area (Å²) in [7, 11) is 0. The van der Waals surface area contributed by atoms with E-state index in [1.54, 1.807) is 0 Å². The van der Waals surface area contributed by atoms with Gasteiger partial charge in [0, 0.05) is 54.1 Å². The molecule has 13 rings (SSSR count). The molecule has 8 aromatic carbocycles. The predicted octanol–water partition coefficient (Wildman–Crippen LogP) is 13.1. The van der Waals surface area contributed by atoms with Crippen molar-refractivity contribution in [3.63, 3.8) is 0 Å². The van der Waals surface area contributed by atoms with Gasteiger partial charge in [-0.15, -0.1) is 0 Å². The van der Waals surface area contributed by atoms with Gasteiger partial charge in [-0.3, -0.25) is 0 Å². The molecule has 1 aliphatic rings. The number of hydrogen-bond donors (Lipinski definition) is 0. The van der Waals surface area contributed by atoms with Crippen LogP contribution in [0.3, 0.4) is 0 Å². The van der Waals surface area contributed by atoms with E-state index in [0.717, 1.165) is 45.0 Å². The van der Waals surface area contributed by atoms with Gasteiger partial charge in [0.25, 0.3) is 0 Å². The van der Waals surface area contributed by atoms with E-state index >= 15 is 0 Å². The first-order chi connectivity index (χ1) is 28.7. The zero-order valence-electron chi connectivity index (χ0n) is 31.4. The number of benzene rings is 8. The standard InChI is InChI=1S/C54H34N2O2/c1-2-10-33(11-3-1)34-18-22-37(23-19-34)55-45-15-7-4-14-42(45)53-47(55)27-28-48-54(53)44-31-35(36-21-29-51-43(30-36)40-13-6-9-17-50(40)57-51)20-26-46(44)56(48)38-24-25-41-39-12-5-8-16-49(39)58-52(41)32-38/h1-23,25-32,38H,24H2. The molecule has 0 N–H and O–H groups in total. The topological polar surface area (TPSA) is 36.1 Å². The van der Waals surface area contributed by atoms with Crippen LogP contribution in [0, 0.1) is 0 Å². The second-order valence-electron chi connectivity index (χ2n) is 15.6. The summed E-state index contributed by atoms with van der Waals surface area (Å²) in [6.45, 7) is 0. The third-order valence-corrected chi connectivity index (χ3v) is 12.4. The fourth-order valence-corrected chi connectivity index (χ4v) is 9.83. The lowest BCUT2D eigenvalue weighted by Crippen LogP contribution is -2.26. The third kappa shape index (κ3) is 4.51. The van der Waals surface area contributed by atoms with Crippen LogP contribution in [-0.4, -0.2) is 9.13 Å². The molecule has 0 spiro atoms. The van der Waals surface area contributed by atoms with Crippen molar-refractivity contribution in [2.75, 3.05) is 0 Å². The van der Waals surface area contributed by atoms with Crippen LogP contribution in [0.15, 0.2) is 185 Å². The van der Waals surface area contributed by atoms with Crippen LogP contribution in [-0.2, 0) is 0 Å². The second-order valence-corrected chi connectivity index (χ2v) is 15.6. The Bertz CT molecular complexity index is 3760. The maximum Gasteiger partial charge on any atom is 0.135 e. The van der Waals surface area contributed by atoms with Crippen molar-refractivity contribution in [1.29, 1.82) is 0 Å². The van der Waals surface area contributed by atoms with Crippen LogP contribution in [0.5, 0.6) is 0 Å². The highest BCUT2D eigenvalue weighted by molar-refractivity contribution is 6.29. The molecule has 0 bridgehead atoms. The Hall–Kier alpha value is -7.56. The molecule has 0 aliphatic heterocycles. The fraction of sp³-hybridized carbons (Fsp3) is 0.0370. The number of para-hydroxylation sites is 3. The summed E-state index contributed by atoms with van der Waals surface area (Å²) in [6, 6.07) is 63.5. The van der Waals surface area contributed by atoms with Crippen LogP contribution in [0.25, 0.3) is 117 Å². The highest BCUT2D eigenvalue weighted by atomic mass is 16.3. The monoisotopic (exact) mass is 742 g/mol. The van der Waals surface area contributed by atoms with Crippen LogP contribution in [0.1, 0.15) is 12.5 Å². The summed E-state index contributed by atoms with van der Waals surface area (Å²) in [5, 5.41) is 9.65. The molecule has 1 unspecified atom stereocenters. The van der Waals surface area contributed by atoms with E-state index in [0.29, 0.717) is 0 Å². The summed E-state index contributed by atoms with van der Waals surface area (Å²) in [5.41, 5.74) is 14.4. The molecule has 12 aromatic rings. The molecule has 0 fully saturated rings. The zero-order chi connectivity index (χ0) is 37.9. The van der Waals surface area contributed by atoms with E-state index in [9.17, 15) is 0 Å². The number of furan rings is 2. The minimum Gasteiger partial charge on any atom is -0.456 e. The van der Waals surface area contributed by atoms with Gasteiger partial charge in [0.15, 0.2) is 0 Å². The van der Waals surface area contributed by atoms with E-state index < -0.39 is 0 Å².